The smallest absolute Gasteiger partial charge is 0.302 e. The zero-order chi connectivity index (χ0) is 21.9. The highest BCUT2D eigenvalue weighted by Crippen LogP contribution is 2.69. The van der Waals surface area contributed by atoms with Crippen molar-refractivity contribution in [1.29, 1.82) is 0 Å². The summed E-state index contributed by atoms with van der Waals surface area (Å²) in [6, 6.07) is 0. The molecule has 0 amide bonds. The average molecular weight is 435 g/mol. The predicted octanol–water partition coefficient (Wildman–Crippen LogP) is 4.85. The van der Waals surface area contributed by atoms with E-state index in [1.165, 1.54) is 32.6 Å². The van der Waals surface area contributed by atoms with E-state index < -0.39 is 5.60 Å². The van der Waals surface area contributed by atoms with Gasteiger partial charge >= 0.3 is 5.97 Å². The summed E-state index contributed by atoms with van der Waals surface area (Å²) in [4.78, 5) is 11.1. The van der Waals surface area contributed by atoms with Gasteiger partial charge < -0.3 is 19.3 Å². The first kappa shape index (κ1) is 22.2. The summed E-state index contributed by atoms with van der Waals surface area (Å²) in [5.74, 6) is 2.33. The molecule has 7 atom stereocenters. The van der Waals surface area contributed by atoms with Crippen LogP contribution in [0.5, 0.6) is 0 Å². The number of hydrogen-bond donors (Lipinski definition) is 1. The van der Waals surface area contributed by atoms with Gasteiger partial charge in [0.1, 0.15) is 0 Å². The van der Waals surface area contributed by atoms with Crippen molar-refractivity contribution in [3.8, 4) is 0 Å². The van der Waals surface area contributed by atoms with Gasteiger partial charge in [-0.25, -0.2) is 0 Å². The number of fused-ring (bicyclic) bond motifs is 5. The summed E-state index contributed by atoms with van der Waals surface area (Å²) in [6.45, 7) is 8.34. The van der Waals surface area contributed by atoms with Crippen LogP contribution in [0.1, 0.15) is 91.4 Å². The van der Waals surface area contributed by atoms with E-state index >= 15 is 0 Å². The molecule has 5 nitrogen and oxygen atoms in total. The molecule has 1 saturated heterocycles. The standard InChI is InChI=1S/C26H42O5/c1-18(27)29-14-4-9-25(28)11-8-22-20-6-5-19-17-26(30-15-16-31-26)13-12-23(19,2)21(20)7-10-24(22,25)3/h19-22,28H,4-17H2,1-3H3/t19-,20+,21-,22-,23-,24-,25-/m0/s1. The molecule has 0 radical (unpaired) electrons. The first-order valence-corrected chi connectivity index (χ1v) is 12.9. The molecule has 0 aromatic rings. The monoisotopic (exact) mass is 434 g/mol. The Morgan fingerprint density at radius 3 is 2.48 bits per heavy atom. The molecule has 31 heavy (non-hydrogen) atoms. The Balaban J connectivity index is 1.29. The first-order chi connectivity index (χ1) is 14.7. The molecule has 5 heteroatoms. The van der Waals surface area contributed by atoms with E-state index in [0.29, 0.717) is 23.9 Å². The van der Waals surface area contributed by atoms with E-state index in [1.54, 1.807) is 0 Å². The summed E-state index contributed by atoms with van der Waals surface area (Å²) < 4.78 is 17.3. The number of esters is 1. The second kappa shape index (κ2) is 7.70. The van der Waals surface area contributed by atoms with E-state index in [9.17, 15) is 9.90 Å². The molecular formula is C26H42O5. The van der Waals surface area contributed by atoms with Crippen LogP contribution >= 0.6 is 0 Å². The fraction of sp³-hybridized carbons (Fsp3) is 0.962. The van der Waals surface area contributed by atoms with Crippen LogP contribution < -0.4 is 0 Å². The molecule has 5 aliphatic rings. The topological polar surface area (TPSA) is 65.0 Å². The molecule has 5 fully saturated rings. The largest absolute Gasteiger partial charge is 0.466 e. The average Bonchev–Trinajstić information content (AvgIpc) is 3.29. The third kappa shape index (κ3) is 3.40. The minimum absolute atomic E-state index is 0.00114. The highest BCUT2D eigenvalue weighted by molar-refractivity contribution is 5.65. The highest BCUT2D eigenvalue weighted by atomic mass is 16.7. The molecule has 1 N–H and O–H groups in total. The van der Waals surface area contributed by atoms with Crippen LogP contribution in [-0.4, -0.2) is 42.3 Å². The molecule has 0 aromatic heterocycles. The maximum absolute atomic E-state index is 11.8. The lowest BCUT2D eigenvalue weighted by atomic mass is 9.44. The molecule has 5 rings (SSSR count). The number of ether oxygens (including phenoxy) is 3. The van der Waals surface area contributed by atoms with Gasteiger partial charge in [0.25, 0.3) is 0 Å². The lowest BCUT2D eigenvalue weighted by Gasteiger charge is -2.62. The van der Waals surface area contributed by atoms with E-state index in [2.05, 4.69) is 13.8 Å². The van der Waals surface area contributed by atoms with Crippen LogP contribution in [0, 0.1) is 34.5 Å². The van der Waals surface area contributed by atoms with Crippen molar-refractivity contribution in [3.05, 3.63) is 0 Å². The van der Waals surface area contributed by atoms with Crippen LogP contribution in [0.2, 0.25) is 0 Å². The molecule has 4 saturated carbocycles. The Bertz CT molecular complexity index is 702. The van der Waals surface area contributed by atoms with E-state index in [1.807, 2.05) is 0 Å². The van der Waals surface area contributed by atoms with Crippen LogP contribution in [0.4, 0.5) is 0 Å². The van der Waals surface area contributed by atoms with Crippen molar-refractivity contribution in [2.24, 2.45) is 34.5 Å². The Labute approximate surface area is 187 Å². The number of carbonyl (C=O) groups excluding carboxylic acids is 1. The van der Waals surface area contributed by atoms with Crippen molar-refractivity contribution >= 4 is 5.97 Å². The van der Waals surface area contributed by atoms with Crippen molar-refractivity contribution < 1.29 is 24.1 Å². The third-order valence-electron chi connectivity index (χ3n) is 10.8. The number of rotatable bonds is 4. The lowest BCUT2D eigenvalue weighted by molar-refractivity contribution is -0.232. The van der Waals surface area contributed by atoms with Gasteiger partial charge in [-0.1, -0.05) is 13.8 Å². The van der Waals surface area contributed by atoms with E-state index in [4.69, 9.17) is 14.2 Å². The number of aliphatic hydroxyl groups is 1. The summed E-state index contributed by atoms with van der Waals surface area (Å²) in [5.41, 5.74) is -0.218. The Morgan fingerprint density at radius 2 is 1.74 bits per heavy atom. The lowest BCUT2D eigenvalue weighted by Crippen LogP contribution is -2.58. The maximum Gasteiger partial charge on any atom is 0.302 e. The second-order valence-electron chi connectivity index (χ2n) is 11.9. The summed E-state index contributed by atoms with van der Waals surface area (Å²) in [7, 11) is 0. The minimum Gasteiger partial charge on any atom is -0.466 e. The molecule has 0 aromatic carbocycles. The van der Waals surface area contributed by atoms with Crippen molar-refractivity contribution in [3.63, 3.8) is 0 Å². The zero-order valence-corrected chi connectivity index (χ0v) is 19.8. The van der Waals surface area contributed by atoms with Crippen molar-refractivity contribution in [1.82, 2.24) is 0 Å². The molecule has 1 heterocycles. The predicted molar refractivity (Wildman–Crippen MR) is 117 cm³/mol. The number of carbonyl (C=O) groups is 1. The van der Waals surface area contributed by atoms with Crippen LogP contribution in [0.3, 0.4) is 0 Å². The van der Waals surface area contributed by atoms with E-state index in [0.717, 1.165) is 70.0 Å². The molecule has 0 bridgehead atoms. The zero-order valence-electron chi connectivity index (χ0n) is 19.8. The van der Waals surface area contributed by atoms with Gasteiger partial charge in [-0.2, -0.15) is 0 Å². The second-order valence-corrected chi connectivity index (χ2v) is 11.9. The fourth-order valence-electron chi connectivity index (χ4n) is 9.06. The van der Waals surface area contributed by atoms with Gasteiger partial charge in [-0.3, -0.25) is 4.79 Å². The fourth-order valence-corrected chi connectivity index (χ4v) is 9.06. The van der Waals surface area contributed by atoms with Crippen LogP contribution in [0.25, 0.3) is 0 Å². The molecule has 4 aliphatic carbocycles. The quantitative estimate of drug-likeness (QED) is 0.506. The van der Waals surface area contributed by atoms with Gasteiger partial charge in [0.2, 0.25) is 0 Å². The molecule has 0 unspecified atom stereocenters. The highest BCUT2D eigenvalue weighted by Gasteiger charge is 2.65. The van der Waals surface area contributed by atoms with Gasteiger partial charge in [0.05, 0.1) is 25.4 Å². The van der Waals surface area contributed by atoms with Crippen molar-refractivity contribution in [2.75, 3.05) is 19.8 Å². The molecular weight excluding hydrogens is 392 g/mol. The Morgan fingerprint density at radius 1 is 1.00 bits per heavy atom. The summed E-state index contributed by atoms with van der Waals surface area (Å²) >= 11 is 0. The normalized spacial score (nSPS) is 48.1. The van der Waals surface area contributed by atoms with E-state index in [-0.39, 0.29) is 17.2 Å². The van der Waals surface area contributed by atoms with Gasteiger partial charge in [0.15, 0.2) is 5.79 Å². The molecule has 1 spiro atoms. The molecule has 176 valence electrons. The Kier molecular flexibility index (Phi) is 5.50. The summed E-state index contributed by atoms with van der Waals surface area (Å²) in [6.07, 6.45) is 11.9. The number of hydrogen-bond acceptors (Lipinski definition) is 5. The van der Waals surface area contributed by atoms with Crippen LogP contribution in [-0.2, 0) is 19.0 Å². The van der Waals surface area contributed by atoms with Crippen molar-refractivity contribution in [2.45, 2.75) is 103 Å². The van der Waals surface area contributed by atoms with Crippen LogP contribution in [0.15, 0.2) is 0 Å². The van der Waals surface area contributed by atoms with Gasteiger partial charge in [0, 0.05) is 19.8 Å². The maximum atomic E-state index is 11.8. The minimum atomic E-state index is -0.608. The first-order valence-electron chi connectivity index (χ1n) is 12.9. The summed E-state index contributed by atoms with van der Waals surface area (Å²) in [5, 5.41) is 11.8. The van der Waals surface area contributed by atoms with Gasteiger partial charge in [-0.05, 0) is 92.3 Å². The van der Waals surface area contributed by atoms with Gasteiger partial charge in [-0.15, -0.1) is 0 Å². The molecule has 1 aliphatic heterocycles. The SMILES string of the molecule is CC(=O)OCCC[C@]1(O)CC[C@H]2[C@@H]3CC[C@H]4CC5(CC[C@]4(C)[C@H]3CC[C@@]21C)OCCO5. The third-order valence-corrected chi connectivity index (χ3v) is 10.8. The Hall–Kier alpha value is -0.650.